The molecule has 0 aromatic carbocycles. The highest BCUT2D eigenvalue weighted by Gasteiger charge is 2.31. The first kappa shape index (κ1) is 9.36. The van der Waals surface area contributed by atoms with Crippen molar-refractivity contribution in [2.24, 2.45) is 11.0 Å². The molecule has 0 heterocycles. The Balaban J connectivity index is 2.50. The quantitative estimate of drug-likeness (QED) is 0.384. The summed E-state index contributed by atoms with van der Waals surface area (Å²) < 4.78 is 0. The van der Waals surface area contributed by atoms with Crippen LogP contribution in [0.1, 0.15) is 32.6 Å². The minimum absolute atomic E-state index is 0.230. The van der Waals surface area contributed by atoms with Gasteiger partial charge in [-0.05, 0) is 24.3 Å². The molecule has 0 bridgehead atoms. The lowest BCUT2D eigenvalue weighted by molar-refractivity contribution is -0.00433. The molecule has 2 atom stereocenters. The highest BCUT2D eigenvalue weighted by atomic mass is 16.3. The summed E-state index contributed by atoms with van der Waals surface area (Å²) >= 11 is 0. The van der Waals surface area contributed by atoms with Crippen molar-refractivity contribution < 1.29 is 5.11 Å². The Morgan fingerprint density at radius 3 is 3.08 bits per heavy atom. The molecule has 0 spiro atoms. The van der Waals surface area contributed by atoms with Gasteiger partial charge in [0, 0.05) is 4.91 Å². The van der Waals surface area contributed by atoms with Gasteiger partial charge in [0.1, 0.15) is 0 Å². The summed E-state index contributed by atoms with van der Waals surface area (Å²) in [7, 11) is 0. The van der Waals surface area contributed by atoms with E-state index in [1.165, 1.54) is 6.42 Å². The van der Waals surface area contributed by atoms with Crippen LogP contribution in [-0.4, -0.2) is 17.3 Å². The predicted octanol–water partition coefficient (Wildman–Crippen LogP) is 2.24. The van der Waals surface area contributed by atoms with Gasteiger partial charge in [0.15, 0.2) is 0 Å². The van der Waals surface area contributed by atoms with Gasteiger partial charge < -0.3 is 5.11 Å². The maximum atomic E-state index is 9.91. The van der Waals surface area contributed by atoms with Crippen LogP contribution in [0.4, 0.5) is 0 Å². The molecule has 0 saturated heterocycles. The number of aliphatic hydroxyl groups is 1. The molecule has 1 aliphatic carbocycles. The van der Waals surface area contributed by atoms with Crippen molar-refractivity contribution >= 4 is 0 Å². The Morgan fingerprint density at radius 2 is 2.50 bits per heavy atom. The zero-order chi connectivity index (χ0) is 9.03. The van der Waals surface area contributed by atoms with Gasteiger partial charge in [-0.2, -0.15) is 0 Å². The van der Waals surface area contributed by atoms with E-state index in [-0.39, 0.29) is 6.54 Å². The Bertz CT molecular complexity index is 200. The molecule has 0 aromatic rings. The van der Waals surface area contributed by atoms with Crippen molar-refractivity contribution in [3.05, 3.63) is 10.4 Å². The largest absolute Gasteiger partial charge is 0.390 e. The van der Waals surface area contributed by atoms with E-state index in [0.717, 1.165) is 19.3 Å². The van der Waals surface area contributed by atoms with Crippen molar-refractivity contribution in [3.8, 4) is 0 Å². The summed E-state index contributed by atoms with van der Waals surface area (Å²) in [4.78, 5) is 2.67. The number of rotatable bonds is 2. The Labute approximate surface area is 72.2 Å². The molecular formula is C8H15N3O. The summed E-state index contributed by atoms with van der Waals surface area (Å²) in [5, 5.41) is 13.3. The standard InChI is InChI=1S/C8H15N3O/c1-7-3-2-4-8(12,5-7)6-10-11-9/h7,12H,2-6H2,1H3. The van der Waals surface area contributed by atoms with Crippen LogP contribution in [-0.2, 0) is 0 Å². The Hall–Kier alpha value is -0.730. The molecule has 12 heavy (non-hydrogen) atoms. The van der Waals surface area contributed by atoms with Crippen molar-refractivity contribution in [1.82, 2.24) is 0 Å². The summed E-state index contributed by atoms with van der Waals surface area (Å²) in [6.07, 6.45) is 3.76. The summed E-state index contributed by atoms with van der Waals surface area (Å²) in [5.74, 6) is 0.553. The molecule has 1 fully saturated rings. The first-order chi connectivity index (χ1) is 5.66. The van der Waals surface area contributed by atoms with Crippen molar-refractivity contribution in [1.29, 1.82) is 0 Å². The number of hydrogen-bond acceptors (Lipinski definition) is 2. The third-order valence-corrected chi connectivity index (χ3v) is 2.50. The van der Waals surface area contributed by atoms with E-state index in [1.807, 2.05) is 0 Å². The molecule has 1 aliphatic rings. The molecule has 0 aromatic heterocycles. The van der Waals surface area contributed by atoms with E-state index in [0.29, 0.717) is 5.92 Å². The van der Waals surface area contributed by atoms with E-state index >= 15 is 0 Å². The second-order valence-electron chi connectivity index (χ2n) is 3.81. The van der Waals surface area contributed by atoms with Gasteiger partial charge in [0.25, 0.3) is 0 Å². The van der Waals surface area contributed by atoms with Gasteiger partial charge in [0.05, 0.1) is 12.1 Å². The van der Waals surface area contributed by atoms with E-state index in [2.05, 4.69) is 16.9 Å². The average Bonchev–Trinajstić information content (AvgIpc) is 2.01. The van der Waals surface area contributed by atoms with Gasteiger partial charge in [-0.3, -0.25) is 0 Å². The highest BCUT2D eigenvalue weighted by Crippen LogP contribution is 2.32. The van der Waals surface area contributed by atoms with E-state index < -0.39 is 5.60 Å². The molecule has 0 aliphatic heterocycles. The number of azide groups is 1. The summed E-state index contributed by atoms with van der Waals surface area (Å²) in [6.45, 7) is 2.36. The fourth-order valence-electron chi connectivity index (χ4n) is 1.94. The van der Waals surface area contributed by atoms with Crippen LogP contribution < -0.4 is 0 Å². The lowest BCUT2D eigenvalue weighted by atomic mass is 9.79. The van der Waals surface area contributed by atoms with Crippen molar-refractivity contribution in [2.75, 3.05) is 6.54 Å². The minimum Gasteiger partial charge on any atom is -0.390 e. The SMILES string of the molecule is CC1CCCC(O)(CN=[N+]=[N-])C1. The van der Waals surface area contributed by atoms with Crippen LogP contribution in [0.25, 0.3) is 10.4 Å². The van der Waals surface area contributed by atoms with Gasteiger partial charge in [0.2, 0.25) is 0 Å². The second-order valence-corrected chi connectivity index (χ2v) is 3.81. The number of nitrogens with zero attached hydrogens (tertiary/aromatic N) is 3. The lowest BCUT2D eigenvalue weighted by Crippen LogP contribution is -2.37. The maximum Gasteiger partial charge on any atom is 0.0706 e. The van der Waals surface area contributed by atoms with Crippen LogP contribution in [0.5, 0.6) is 0 Å². The van der Waals surface area contributed by atoms with E-state index in [4.69, 9.17) is 5.53 Å². The van der Waals surface area contributed by atoms with E-state index in [9.17, 15) is 5.11 Å². The Kier molecular flexibility index (Phi) is 2.95. The monoisotopic (exact) mass is 169 g/mol. The molecule has 1 rings (SSSR count). The van der Waals surface area contributed by atoms with Crippen LogP contribution in [0, 0.1) is 5.92 Å². The van der Waals surface area contributed by atoms with Gasteiger partial charge in [-0.25, -0.2) is 0 Å². The van der Waals surface area contributed by atoms with Gasteiger partial charge in [-0.15, -0.1) is 0 Å². The minimum atomic E-state index is -0.718. The summed E-state index contributed by atoms with van der Waals surface area (Å²) in [5.41, 5.74) is 7.41. The topological polar surface area (TPSA) is 69.0 Å². The molecule has 2 unspecified atom stereocenters. The molecule has 4 nitrogen and oxygen atoms in total. The molecule has 1 N–H and O–H groups in total. The molecule has 1 saturated carbocycles. The van der Waals surface area contributed by atoms with Crippen LogP contribution in [0.2, 0.25) is 0 Å². The molecule has 68 valence electrons. The first-order valence-electron chi connectivity index (χ1n) is 4.39. The molecular weight excluding hydrogens is 154 g/mol. The first-order valence-corrected chi connectivity index (χ1v) is 4.39. The molecule has 0 radical (unpaired) electrons. The average molecular weight is 169 g/mol. The normalized spacial score (nSPS) is 35.7. The third kappa shape index (κ3) is 2.40. The predicted molar refractivity (Wildman–Crippen MR) is 46.6 cm³/mol. The number of hydrogen-bond donors (Lipinski definition) is 1. The zero-order valence-corrected chi connectivity index (χ0v) is 7.40. The van der Waals surface area contributed by atoms with Crippen molar-refractivity contribution in [2.45, 2.75) is 38.2 Å². The van der Waals surface area contributed by atoms with Crippen LogP contribution in [0.3, 0.4) is 0 Å². The highest BCUT2D eigenvalue weighted by molar-refractivity contribution is 4.86. The summed E-state index contributed by atoms with van der Waals surface area (Å²) in [6, 6.07) is 0. The zero-order valence-electron chi connectivity index (χ0n) is 7.40. The second kappa shape index (κ2) is 3.78. The third-order valence-electron chi connectivity index (χ3n) is 2.50. The fraction of sp³-hybridized carbons (Fsp3) is 1.00. The lowest BCUT2D eigenvalue weighted by Gasteiger charge is -2.34. The fourth-order valence-corrected chi connectivity index (χ4v) is 1.94. The van der Waals surface area contributed by atoms with Gasteiger partial charge >= 0.3 is 0 Å². The van der Waals surface area contributed by atoms with Crippen molar-refractivity contribution in [3.63, 3.8) is 0 Å². The smallest absolute Gasteiger partial charge is 0.0706 e. The Morgan fingerprint density at radius 1 is 1.75 bits per heavy atom. The van der Waals surface area contributed by atoms with E-state index in [1.54, 1.807) is 0 Å². The van der Waals surface area contributed by atoms with Crippen LogP contribution >= 0.6 is 0 Å². The maximum absolute atomic E-state index is 9.91. The van der Waals surface area contributed by atoms with Crippen LogP contribution in [0.15, 0.2) is 5.11 Å². The molecule has 0 amide bonds. The van der Waals surface area contributed by atoms with Gasteiger partial charge in [-0.1, -0.05) is 24.9 Å². The molecule has 4 heteroatoms.